The Labute approximate surface area is 164 Å². The van der Waals surface area contributed by atoms with Crippen LogP contribution in [0.2, 0.25) is 0 Å². The molecule has 0 spiro atoms. The van der Waals surface area contributed by atoms with Crippen molar-refractivity contribution in [2.45, 2.75) is 19.5 Å². The minimum absolute atomic E-state index is 0.0928. The SMILES string of the molecule is C=C(CCNC(=O)c1ccnc(C(F)(F)F)c1)[C@H](C)C(=O)Nc1ccc(F)cc1. The van der Waals surface area contributed by atoms with Gasteiger partial charge in [-0.25, -0.2) is 4.39 Å². The van der Waals surface area contributed by atoms with Crippen LogP contribution in [0.1, 0.15) is 29.4 Å². The molecule has 2 rings (SSSR count). The lowest BCUT2D eigenvalue weighted by Gasteiger charge is -2.15. The van der Waals surface area contributed by atoms with Gasteiger partial charge in [0.2, 0.25) is 5.91 Å². The number of hydrogen-bond donors (Lipinski definition) is 2. The molecule has 1 heterocycles. The van der Waals surface area contributed by atoms with Crippen molar-refractivity contribution in [2.75, 3.05) is 11.9 Å². The van der Waals surface area contributed by atoms with Crippen LogP contribution in [0.25, 0.3) is 0 Å². The Morgan fingerprint density at radius 3 is 2.45 bits per heavy atom. The summed E-state index contributed by atoms with van der Waals surface area (Å²) in [6, 6.07) is 7.13. The van der Waals surface area contributed by atoms with Gasteiger partial charge in [-0.05, 0) is 49.7 Å². The van der Waals surface area contributed by atoms with E-state index in [1.165, 1.54) is 30.3 Å². The molecule has 154 valence electrons. The van der Waals surface area contributed by atoms with Gasteiger partial charge in [-0.3, -0.25) is 14.6 Å². The topological polar surface area (TPSA) is 71.1 Å². The second-order valence-electron chi connectivity index (χ2n) is 6.31. The minimum Gasteiger partial charge on any atom is -0.352 e. The fraction of sp³-hybridized carbons (Fsp3) is 0.250. The van der Waals surface area contributed by atoms with Crippen LogP contribution in [-0.4, -0.2) is 23.3 Å². The largest absolute Gasteiger partial charge is 0.433 e. The number of nitrogens with zero attached hydrogens (tertiary/aromatic N) is 1. The van der Waals surface area contributed by atoms with Crippen molar-refractivity contribution >= 4 is 17.5 Å². The fourth-order valence-corrected chi connectivity index (χ4v) is 2.35. The quantitative estimate of drug-likeness (QED) is 0.532. The van der Waals surface area contributed by atoms with E-state index in [-0.39, 0.29) is 24.4 Å². The number of carbonyl (C=O) groups excluding carboxylic acids is 2. The summed E-state index contributed by atoms with van der Waals surface area (Å²) >= 11 is 0. The summed E-state index contributed by atoms with van der Waals surface area (Å²) in [7, 11) is 0. The molecular weight excluding hydrogens is 390 g/mol. The molecular formula is C20H19F4N3O2. The second-order valence-corrected chi connectivity index (χ2v) is 6.31. The Kier molecular flexibility index (Phi) is 7.08. The molecule has 0 saturated carbocycles. The van der Waals surface area contributed by atoms with Crippen LogP contribution in [0.15, 0.2) is 54.7 Å². The van der Waals surface area contributed by atoms with E-state index < -0.39 is 29.5 Å². The Hall–Kier alpha value is -3.23. The number of nitrogens with one attached hydrogen (secondary N) is 2. The highest BCUT2D eigenvalue weighted by Crippen LogP contribution is 2.27. The highest BCUT2D eigenvalue weighted by Gasteiger charge is 2.32. The van der Waals surface area contributed by atoms with E-state index in [1.807, 2.05) is 0 Å². The van der Waals surface area contributed by atoms with Crippen molar-refractivity contribution in [2.24, 2.45) is 5.92 Å². The number of hydrogen-bond acceptors (Lipinski definition) is 3. The van der Waals surface area contributed by atoms with Crippen LogP contribution in [-0.2, 0) is 11.0 Å². The average Bonchev–Trinajstić information content (AvgIpc) is 2.68. The summed E-state index contributed by atoms with van der Waals surface area (Å²) in [6.07, 6.45) is -3.47. The predicted octanol–water partition coefficient (Wildman–Crippen LogP) is 4.19. The molecule has 0 bridgehead atoms. The van der Waals surface area contributed by atoms with Gasteiger partial charge in [-0.2, -0.15) is 13.2 Å². The minimum atomic E-state index is -4.64. The number of amides is 2. The molecule has 0 fully saturated rings. The first-order valence-electron chi connectivity index (χ1n) is 8.63. The Balaban J connectivity index is 1.84. The highest BCUT2D eigenvalue weighted by atomic mass is 19.4. The third-order valence-corrected chi connectivity index (χ3v) is 4.16. The van der Waals surface area contributed by atoms with Crippen LogP contribution in [0, 0.1) is 11.7 Å². The molecule has 1 atom stereocenters. The molecule has 1 aromatic carbocycles. The second kappa shape index (κ2) is 9.31. The standard InChI is InChI=1S/C20H19F4N3O2/c1-12(13(2)18(28)27-16-5-3-15(21)4-6-16)7-9-26-19(29)14-8-10-25-17(11-14)20(22,23)24/h3-6,8,10-11,13H,1,7,9H2,2H3,(H,26,29)(H,27,28)/t13-/m0/s1. The van der Waals surface area contributed by atoms with Gasteiger partial charge in [-0.15, -0.1) is 0 Å². The van der Waals surface area contributed by atoms with Gasteiger partial charge in [0, 0.05) is 24.0 Å². The lowest BCUT2D eigenvalue weighted by atomic mass is 9.98. The zero-order valence-corrected chi connectivity index (χ0v) is 15.5. The van der Waals surface area contributed by atoms with Crippen molar-refractivity contribution in [3.63, 3.8) is 0 Å². The number of alkyl halides is 3. The Bertz CT molecular complexity index is 895. The number of aromatic nitrogens is 1. The average molecular weight is 409 g/mol. The van der Waals surface area contributed by atoms with Crippen molar-refractivity contribution in [1.82, 2.24) is 10.3 Å². The third-order valence-electron chi connectivity index (χ3n) is 4.16. The maximum atomic E-state index is 12.9. The molecule has 0 aliphatic heterocycles. The first kappa shape index (κ1) is 22.1. The molecule has 0 radical (unpaired) electrons. The first-order valence-corrected chi connectivity index (χ1v) is 8.63. The van der Waals surface area contributed by atoms with Crippen LogP contribution in [0.4, 0.5) is 23.2 Å². The van der Waals surface area contributed by atoms with E-state index in [1.54, 1.807) is 6.92 Å². The molecule has 29 heavy (non-hydrogen) atoms. The Morgan fingerprint density at radius 1 is 1.17 bits per heavy atom. The smallest absolute Gasteiger partial charge is 0.352 e. The Morgan fingerprint density at radius 2 is 1.83 bits per heavy atom. The fourth-order valence-electron chi connectivity index (χ4n) is 2.35. The molecule has 2 aromatic rings. The number of pyridine rings is 1. The van der Waals surface area contributed by atoms with Crippen LogP contribution in [0.5, 0.6) is 0 Å². The van der Waals surface area contributed by atoms with Gasteiger partial charge in [0.15, 0.2) is 0 Å². The summed E-state index contributed by atoms with van der Waals surface area (Å²) in [5, 5.41) is 5.12. The van der Waals surface area contributed by atoms with Crippen molar-refractivity contribution in [3.8, 4) is 0 Å². The van der Waals surface area contributed by atoms with Crippen molar-refractivity contribution < 1.29 is 27.2 Å². The molecule has 9 heteroatoms. The summed E-state index contributed by atoms with van der Waals surface area (Å²) in [5.74, 6) is -2.05. The van der Waals surface area contributed by atoms with Crippen molar-refractivity contribution in [1.29, 1.82) is 0 Å². The predicted molar refractivity (Wildman–Crippen MR) is 99.5 cm³/mol. The van der Waals surface area contributed by atoms with E-state index >= 15 is 0 Å². The maximum Gasteiger partial charge on any atom is 0.433 e. The first-order chi connectivity index (χ1) is 13.6. The molecule has 2 amide bonds. The van der Waals surface area contributed by atoms with Crippen LogP contribution < -0.4 is 10.6 Å². The van der Waals surface area contributed by atoms with Gasteiger partial charge < -0.3 is 10.6 Å². The van der Waals surface area contributed by atoms with Crippen molar-refractivity contribution in [3.05, 3.63) is 71.8 Å². The molecule has 0 aliphatic rings. The number of benzene rings is 1. The molecule has 2 N–H and O–H groups in total. The number of rotatable bonds is 7. The van der Waals surface area contributed by atoms with E-state index in [2.05, 4.69) is 22.2 Å². The van der Waals surface area contributed by atoms with Gasteiger partial charge in [-0.1, -0.05) is 12.2 Å². The lowest BCUT2D eigenvalue weighted by molar-refractivity contribution is -0.141. The summed E-state index contributed by atoms with van der Waals surface area (Å²) in [4.78, 5) is 27.5. The normalized spacial score (nSPS) is 12.2. The van der Waals surface area contributed by atoms with Crippen LogP contribution >= 0.6 is 0 Å². The van der Waals surface area contributed by atoms with Crippen LogP contribution in [0.3, 0.4) is 0 Å². The third kappa shape index (κ3) is 6.41. The number of carbonyl (C=O) groups is 2. The molecule has 0 saturated heterocycles. The number of halogens is 4. The lowest BCUT2D eigenvalue weighted by Crippen LogP contribution is -2.27. The summed E-state index contributed by atoms with van der Waals surface area (Å²) < 4.78 is 50.9. The van der Waals surface area contributed by atoms with E-state index in [9.17, 15) is 27.2 Å². The van der Waals surface area contributed by atoms with E-state index in [0.29, 0.717) is 17.3 Å². The zero-order valence-electron chi connectivity index (χ0n) is 15.5. The van der Waals surface area contributed by atoms with Gasteiger partial charge in [0.1, 0.15) is 11.5 Å². The molecule has 0 aliphatic carbocycles. The van der Waals surface area contributed by atoms with E-state index in [4.69, 9.17) is 0 Å². The summed E-state index contributed by atoms with van der Waals surface area (Å²) in [6.45, 7) is 5.54. The molecule has 0 unspecified atom stereocenters. The monoisotopic (exact) mass is 409 g/mol. The molecule has 1 aromatic heterocycles. The molecule has 5 nitrogen and oxygen atoms in total. The summed E-state index contributed by atoms with van der Waals surface area (Å²) in [5.41, 5.74) is -0.362. The van der Waals surface area contributed by atoms with E-state index in [0.717, 1.165) is 6.20 Å². The number of anilines is 1. The van der Waals surface area contributed by atoms with Gasteiger partial charge >= 0.3 is 6.18 Å². The zero-order chi connectivity index (χ0) is 21.6. The highest BCUT2D eigenvalue weighted by molar-refractivity contribution is 5.95. The van der Waals surface area contributed by atoms with Gasteiger partial charge in [0.05, 0.1) is 5.92 Å². The maximum absolute atomic E-state index is 12.9. The van der Waals surface area contributed by atoms with Gasteiger partial charge in [0.25, 0.3) is 5.91 Å².